The molecule has 0 radical (unpaired) electrons. The molecule has 0 aromatic carbocycles. The first-order chi connectivity index (χ1) is 11.5. The molecule has 0 amide bonds. The van der Waals surface area contributed by atoms with Crippen LogP contribution in [0.3, 0.4) is 0 Å². The summed E-state index contributed by atoms with van der Waals surface area (Å²) >= 11 is 6.08. The summed E-state index contributed by atoms with van der Waals surface area (Å²) in [7, 11) is 7.71. The van der Waals surface area contributed by atoms with Gasteiger partial charge in [-0.15, -0.1) is 24.0 Å². The third kappa shape index (κ3) is 6.32. The number of ether oxygens (including phenoxy) is 1. The Bertz CT molecular complexity index is 555. The predicted octanol–water partition coefficient (Wildman–Crippen LogP) is 3.90. The molecule has 5 nitrogen and oxygen atoms in total. The average Bonchev–Trinajstić information content (AvgIpc) is 3.13. The quantitative estimate of drug-likeness (QED) is 0.364. The fourth-order valence-electron chi connectivity index (χ4n) is 3.65. The molecule has 25 heavy (non-hydrogen) atoms. The van der Waals surface area contributed by atoms with Gasteiger partial charge in [-0.1, -0.05) is 24.4 Å². The lowest BCUT2D eigenvalue weighted by atomic mass is 9.83. The summed E-state index contributed by atoms with van der Waals surface area (Å²) in [4.78, 5) is 6.59. The first-order valence-electron chi connectivity index (χ1n) is 8.71. The second-order valence-corrected chi connectivity index (χ2v) is 7.40. The van der Waals surface area contributed by atoms with E-state index in [1.807, 2.05) is 26.4 Å². The van der Waals surface area contributed by atoms with E-state index in [1.165, 1.54) is 31.4 Å². The van der Waals surface area contributed by atoms with Gasteiger partial charge in [-0.2, -0.15) is 0 Å². The van der Waals surface area contributed by atoms with Gasteiger partial charge in [-0.25, -0.2) is 0 Å². The van der Waals surface area contributed by atoms with Gasteiger partial charge in [0.1, 0.15) is 0 Å². The van der Waals surface area contributed by atoms with Gasteiger partial charge in [0.15, 0.2) is 5.96 Å². The van der Waals surface area contributed by atoms with E-state index in [1.54, 1.807) is 7.11 Å². The average molecular weight is 483 g/mol. The van der Waals surface area contributed by atoms with Crippen molar-refractivity contribution in [2.24, 2.45) is 17.5 Å². The van der Waals surface area contributed by atoms with Gasteiger partial charge in [0.05, 0.1) is 11.6 Å². The number of guanidine groups is 1. The van der Waals surface area contributed by atoms with Crippen molar-refractivity contribution in [2.75, 3.05) is 34.4 Å². The van der Waals surface area contributed by atoms with Crippen LogP contribution in [-0.2, 0) is 18.3 Å². The molecule has 0 atom stereocenters. The van der Waals surface area contributed by atoms with Crippen molar-refractivity contribution in [1.29, 1.82) is 0 Å². The summed E-state index contributed by atoms with van der Waals surface area (Å²) in [6, 6.07) is 2.00. The summed E-state index contributed by atoms with van der Waals surface area (Å²) in [5, 5.41) is 4.36. The number of hydrogen-bond acceptors (Lipinski definition) is 2. The van der Waals surface area contributed by atoms with Gasteiger partial charge in [-0.3, -0.25) is 4.99 Å². The van der Waals surface area contributed by atoms with Crippen LogP contribution >= 0.6 is 35.6 Å². The van der Waals surface area contributed by atoms with E-state index in [4.69, 9.17) is 16.3 Å². The lowest BCUT2D eigenvalue weighted by Crippen LogP contribution is -2.44. The van der Waals surface area contributed by atoms with Crippen molar-refractivity contribution >= 4 is 41.5 Å². The first-order valence-corrected chi connectivity index (χ1v) is 9.09. The van der Waals surface area contributed by atoms with E-state index in [0.717, 1.165) is 37.1 Å². The molecule has 1 N–H and O–H groups in total. The Hall–Kier alpha value is -0.470. The van der Waals surface area contributed by atoms with Crippen molar-refractivity contribution in [3.8, 4) is 0 Å². The Morgan fingerprint density at radius 1 is 1.44 bits per heavy atom. The summed E-state index contributed by atoms with van der Waals surface area (Å²) in [6.07, 6.45) is 8.24. The fourth-order valence-corrected chi connectivity index (χ4v) is 3.92. The molecule has 1 aliphatic carbocycles. The topological polar surface area (TPSA) is 41.8 Å². The Morgan fingerprint density at radius 2 is 2.12 bits per heavy atom. The van der Waals surface area contributed by atoms with Crippen molar-refractivity contribution in [3.05, 3.63) is 23.0 Å². The molecule has 0 spiro atoms. The first kappa shape index (κ1) is 22.6. The number of nitrogens with one attached hydrogen (secondary N) is 1. The van der Waals surface area contributed by atoms with Gasteiger partial charge in [0.25, 0.3) is 0 Å². The Morgan fingerprint density at radius 3 is 2.64 bits per heavy atom. The Balaban J connectivity index is 0.00000312. The number of methoxy groups -OCH3 is 1. The maximum Gasteiger partial charge on any atom is 0.193 e. The molecule has 1 fully saturated rings. The van der Waals surface area contributed by atoms with E-state index in [0.29, 0.717) is 5.41 Å². The van der Waals surface area contributed by atoms with E-state index in [-0.39, 0.29) is 24.0 Å². The van der Waals surface area contributed by atoms with Crippen LogP contribution in [0.25, 0.3) is 0 Å². The maximum atomic E-state index is 6.08. The van der Waals surface area contributed by atoms with Crippen molar-refractivity contribution < 1.29 is 4.74 Å². The predicted molar refractivity (Wildman–Crippen MR) is 116 cm³/mol. The van der Waals surface area contributed by atoms with Crippen LogP contribution in [0.5, 0.6) is 0 Å². The molecule has 7 heteroatoms. The fraction of sp³-hybridized carbons (Fsp3) is 0.722. The lowest BCUT2D eigenvalue weighted by molar-refractivity contribution is 0.138. The van der Waals surface area contributed by atoms with Gasteiger partial charge in [0.2, 0.25) is 0 Å². The normalized spacial score (nSPS) is 16.6. The molecule has 0 saturated heterocycles. The standard InChI is InChI=1S/C18H31ClN4O.HI/c1-20-17(23(3)13-16-11-15(19)12-22(16)2)21-14-18(9-10-24-4)7-5-6-8-18;/h11-12H,5-10,13-14H2,1-4H3,(H,20,21);1H. The molecule has 0 aliphatic heterocycles. The van der Waals surface area contributed by atoms with Crippen molar-refractivity contribution in [3.63, 3.8) is 0 Å². The summed E-state index contributed by atoms with van der Waals surface area (Å²) in [6.45, 7) is 2.56. The third-order valence-corrected chi connectivity index (χ3v) is 5.38. The molecule has 1 aromatic rings. The highest BCUT2D eigenvalue weighted by molar-refractivity contribution is 14.0. The number of nitrogens with zero attached hydrogens (tertiary/aromatic N) is 3. The molecular weight excluding hydrogens is 451 g/mol. The van der Waals surface area contributed by atoms with Crippen LogP contribution < -0.4 is 5.32 Å². The number of halogens is 2. The van der Waals surface area contributed by atoms with Crippen LogP contribution in [0.2, 0.25) is 5.02 Å². The molecule has 0 unspecified atom stereocenters. The zero-order chi connectivity index (χ0) is 17.6. The Kier molecular flexibility index (Phi) is 9.59. The molecule has 1 aliphatic rings. The molecular formula is C18H32ClIN4O. The summed E-state index contributed by atoms with van der Waals surface area (Å²) in [5.74, 6) is 0.927. The van der Waals surface area contributed by atoms with Crippen LogP contribution in [0, 0.1) is 5.41 Å². The van der Waals surface area contributed by atoms with E-state index in [9.17, 15) is 0 Å². The Labute approximate surface area is 174 Å². The van der Waals surface area contributed by atoms with E-state index >= 15 is 0 Å². The van der Waals surface area contributed by atoms with Gasteiger partial charge in [0, 0.05) is 53.3 Å². The van der Waals surface area contributed by atoms with Gasteiger partial charge >= 0.3 is 0 Å². The number of rotatable bonds is 7. The largest absolute Gasteiger partial charge is 0.385 e. The minimum Gasteiger partial charge on any atom is -0.385 e. The lowest BCUT2D eigenvalue weighted by Gasteiger charge is -2.31. The second kappa shape index (κ2) is 10.6. The van der Waals surface area contributed by atoms with E-state index in [2.05, 4.69) is 26.8 Å². The monoisotopic (exact) mass is 482 g/mol. The third-order valence-electron chi connectivity index (χ3n) is 5.17. The molecule has 1 heterocycles. The minimum absolute atomic E-state index is 0. The SMILES string of the molecule is CN=C(NCC1(CCOC)CCCC1)N(C)Cc1cc(Cl)cn1C.I. The van der Waals surface area contributed by atoms with Crippen LogP contribution in [0.4, 0.5) is 0 Å². The van der Waals surface area contributed by atoms with Gasteiger partial charge in [-0.05, 0) is 30.7 Å². The zero-order valence-electron chi connectivity index (χ0n) is 15.8. The zero-order valence-corrected chi connectivity index (χ0v) is 18.9. The number of aromatic nitrogens is 1. The highest BCUT2D eigenvalue weighted by Crippen LogP contribution is 2.40. The summed E-state index contributed by atoms with van der Waals surface area (Å²) < 4.78 is 7.38. The van der Waals surface area contributed by atoms with E-state index < -0.39 is 0 Å². The minimum atomic E-state index is 0. The molecule has 0 bridgehead atoms. The van der Waals surface area contributed by atoms with Crippen LogP contribution in [-0.4, -0.2) is 49.8 Å². The van der Waals surface area contributed by atoms with Crippen LogP contribution in [0.1, 0.15) is 37.8 Å². The van der Waals surface area contributed by atoms with Crippen molar-refractivity contribution in [2.45, 2.75) is 38.6 Å². The molecule has 2 rings (SSSR count). The van der Waals surface area contributed by atoms with Crippen LogP contribution in [0.15, 0.2) is 17.3 Å². The van der Waals surface area contributed by atoms with Gasteiger partial charge < -0.3 is 19.5 Å². The van der Waals surface area contributed by atoms with Crippen molar-refractivity contribution in [1.82, 2.24) is 14.8 Å². The second-order valence-electron chi connectivity index (χ2n) is 6.97. The molecule has 1 saturated carbocycles. The number of aliphatic imine (C=N–C) groups is 1. The highest BCUT2D eigenvalue weighted by Gasteiger charge is 2.33. The molecule has 144 valence electrons. The number of hydrogen-bond donors (Lipinski definition) is 1. The molecule has 1 aromatic heterocycles. The smallest absolute Gasteiger partial charge is 0.193 e. The maximum absolute atomic E-state index is 6.08. The number of aryl methyl sites for hydroxylation is 1. The summed E-state index contributed by atoms with van der Waals surface area (Å²) in [5.41, 5.74) is 1.52. The highest BCUT2D eigenvalue weighted by atomic mass is 127.